The van der Waals surface area contributed by atoms with Crippen molar-refractivity contribution in [1.29, 1.82) is 0 Å². The Morgan fingerprint density at radius 1 is 0.833 bits per heavy atom. The fourth-order valence-corrected chi connectivity index (χ4v) is 2.26. The van der Waals surface area contributed by atoms with Gasteiger partial charge in [0, 0.05) is 19.3 Å². The Morgan fingerprint density at radius 3 is 2.29 bits per heavy atom. The molecule has 5 nitrogen and oxygen atoms in total. The van der Waals surface area contributed by atoms with Crippen LogP contribution in [0, 0.1) is 0 Å². The first-order valence-electron chi connectivity index (χ1n) is 7.81. The number of methoxy groups -OCH3 is 1. The van der Waals surface area contributed by atoms with Crippen LogP contribution in [0.25, 0.3) is 0 Å². The van der Waals surface area contributed by atoms with Crippen molar-refractivity contribution < 1.29 is 4.74 Å². The summed E-state index contributed by atoms with van der Waals surface area (Å²) in [4.78, 5) is 8.73. The summed E-state index contributed by atoms with van der Waals surface area (Å²) in [7, 11) is 1.66. The lowest BCUT2D eigenvalue weighted by molar-refractivity contribution is 0.414. The number of ether oxygens (including phenoxy) is 1. The summed E-state index contributed by atoms with van der Waals surface area (Å²) >= 11 is 0. The average molecular weight is 320 g/mol. The quantitative estimate of drug-likeness (QED) is 0.695. The standard InChI is InChI=1S/C19H20N4O/c1-24-17-9-7-16(8-10-17)14-22-19-20-12-11-18(23-19)21-13-15-5-3-2-4-6-15/h2-12H,13-14H2,1H3,(H2,20,21,22,23). The minimum absolute atomic E-state index is 0.601. The van der Waals surface area contributed by atoms with E-state index in [1.54, 1.807) is 13.3 Å². The highest BCUT2D eigenvalue weighted by Crippen LogP contribution is 2.13. The molecule has 0 bridgehead atoms. The van der Waals surface area contributed by atoms with E-state index in [0.29, 0.717) is 12.5 Å². The fourth-order valence-electron chi connectivity index (χ4n) is 2.26. The van der Waals surface area contributed by atoms with E-state index in [9.17, 15) is 0 Å². The summed E-state index contributed by atoms with van der Waals surface area (Å²) in [5, 5.41) is 6.54. The molecule has 0 spiro atoms. The normalized spacial score (nSPS) is 10.2. The number of nitrogens with one attached hydrogen (secondary N) is 2. The molecule has 0 fully saturated rings. The van der Waals surface area contributed by atoms with Gasteiger partial charge >= 0.3 is 0 Å². The zero-order valence-electron chi connectivity index (χ0n) is 13.6. The van der Waals surface area contributed by atoms with E-state index < -0.39 is 0 Å². The molecule has 2 N–H and O–H groups in total. The number of hydrogen-bond acceptors (Lipinski definition) is 5. The number of aromatic nitrogens is 2. The molecule has 1 aromatic heterocycles. The van der Waals surface area contributed by atoms with Crippen molar-refractivity contribution >= 4 is 11.8 Å². The minimum atomic E-state index is 0.601. The molecule has 0 radical (unpaired) electrons. The smallest absolute Gasteiger partial charge is 0.224 e. The lowest BCUT2D eigenvalue weighted by Crippen LogP contribution is -2.06. The van der Waals surface area contributed by atoms with Crippen LogP contribution in [-0.4, -0.2) is 17.1 Å². The number of benzene rings is 2. The third kappa shape index (κ3) is 4.46. The van der Waals surface area contributed by atoms with E-state index in [-0.39, 0.29) is 0 Å². The van der Waals surface area contributed by atoms with Crippen LogP contribution in [0.15, 0.2) is 66.9 Å². The molecule has 0 aliphatic carbocycles. The van der Waals surface area contributed by atoms with Crippen molar-refractivity contribution in [3.8, 4) is 5.75 Å². The number of hydrogen-bond donors (Lipinski definition) is 2. The van der Waals surface area contributed by atoms with Crippen molar-refractivity contribution in [2.24, 2.45) is 0 Å². The third-order valence-electron chi connectivity index (χ3n) is 3.58. The van der Waals surface area contributed by atoms with Gasteiger partial charge in [-0.3, -0.25) is 0 Å². The summed E-state index contributed by atoms with van der Waals surface area (Å²) in [5.41, 5.74) is 2.35. The molecule has 122 valence electrons. The summed E-state index contributed by atoms with van der Waals surface area (Å²) in [6.07, 6.45) is 1.75. The molecule has 0 amide bonds. The third-order valence-corrected chi connectivity index (χ3v) is 3.58. The highest BCUT2D eigenvalue weighted by atomic mass is 16.5. The Kier molecular flexibility index (Phi) is 5.24. The van der Waals surface area contributed by atoms with Gasteiger partial charge < -0.3 is 15.4 Å². The summed E-state index contributed by atoms with van der Waals surface area (Å²) in [5.74, 6) is 2.25. The first-order valence-corrected chi connectivity index (χ1v) is 7.81. The van der Waals surface area contributed by atoms with Gasteiger partial charge in [-0.05, 0) is 29.3 Å². The second-order valence-corrected chi connectivity index (χ2v) is 5.31. The lowest BCUT2D eigenvalue weighted by atomic mass is 10.2. The number of nitrogens with zero attached hydrogens (tertiary/aromatic N) is 2. The van der Waals surface area contributed by atoms with Crippen LogP contribution in [0.3, 0.4) is 0 Å². The van der Waals surface area contributed by atoms with E-state index in [1.165, 1.54) is 5.56 Å². The molecular formula is C19H20N4O. The van der Waals surface area contributed by atoms with Gasteiger partial charge in [-0.1, -0.05) is 42.5 Å². The van der Waals surface area contributed by atoms with Gasteiger partial charge in [0.2, 0.25) is 5.95 Å². The Hall–Kier alpha value is -3.08. The molecule has 2 aromatic carbocycles. The molecule has 0 saturated carbocycles. The second kappa shape index (κ2) is 7.97. The molecular weight excluding hydrogens is 300 g/mol. The maximum Gasteiger partial charge on any atom is 0.224 e. The van der Waals surface area contributed by atoms with Crippen LogP contribution in [0.4, 0.5) is 11.8 Å². The average Bonchev–Trinajstić information content (AvgIpc) is 2.66. The Morgan fingerprint density at radius 2 is 1.54 bits per heavy atom. The van der Waals surface area contributed by atoms with Crippen molar-refractivity contribution in [3.63, 3.8) is 0 Å². The molecule has 0 aliphatic rings. The highest BCUT2D eigenvalue weighted by molar-refractivity contribution is 5.41. The van der Waals surface area contributed by atoms with Crippen molar-refractivity contribution in [1.82, 2.24) is 9.97 Å². The number of rotatable bonds is 7. The lowest BCUT2D eigenvalue weighted by Gasteiger charge is -2.09. The maximum absolute atomic E-state index is 5.16. The molecule has 0 atom stereocenters. The first kappa shape index (κ1) is 15.8. The van der Waals surface area contributed by atoms with E-state index in [1.807, 2.05) is 48.5 Å². The van der Waals surface area contributed by atoms with Crippen LogP contribution in [0.5, 0.6) is 5.75 Å². The summed E-state index contributed by atoms with van der Waals surface area (Å²) < 4.78 is 5.16. The molecule has 1 heterocycles. The summed E-state index contributed by atoms with van der Waals surface area (Å²) in [6.45, 7) is 1.39. The van der Waals surface area contributed by atoms with Crippen LogP contribution in [0.1, 0.15) is 11.1 Å². The number of anilines is 2. The molecule has 0 aliphatic heterocycles. The van der Waals surface area contributed by atoms with Gasteiger partial charge in [0.1, 0.15) is 11.6 Å². The van der Waals surface area contributed by atoms with Crippen LogP contribution < -0.4 is 15.4 Å². The maximum atomic E-state index is 5.16. The molecule has 3 rings (SSSR count). The largest absolute Gasteiger partial charge is 0.497 e. The van der Waals surface area contributed by atoms with E-state index in [0.717, 1.165) is 23.7 Å². The first-order chi connectivity index (χ1) is 11.8. The van der Waals surface area contributed by atoms with Gasteiger partial charge in [0.05, 0.1) is 7.11 Å². The SMILES string of the molecule is COc1ccc(CNc2nccc(NCc3ccccc3)n2)cc1. The molecule has 0 saturated heterocycles. The van der Waals surface area contributed by atoms with Gasteiger partial charge in [-0.25, -0.2) is 4.98 Å². The molecule has 5 heteroatoms. The topological polar surface area (TPSA) is 59.1 Å². The monoisotopic (exact) mass is 320 g/mol. The van der Waals surface area contributed by atoms with Gasteiger partial charge in [0.25, 0.3) is 0 Å². The van der Waals surface area contributed by atoms with Gasteiger partial charge in [-0.15, -0.1) is 0 Å². The Labute approximate surface area is 141 Å². The minimum Gasteiger partial charge on any atom is -0.497 e. The van der Waals surface area contributed by atoms with E-state index >= 15 is 0 Å². The predicted octanol–water partition coefficient (Wildman–Crippen LogP) is 3.71. The summed E-state index contributed by atoms with van der Waals surface area (Å²) in [6, 6.07) is 20.0. The van der Waals surface area contributed by atoms with E-state index in [2.05, 4.69) is 32.7 Å². The van der Waals surface area contributed by atoms with Crippen LogP contribution in [0.2, 0.25) is 0 Å². The highest BCUT2D eigenvalue weighted by Gasteiger charge is 2.00. The van der Waals surface area contributed by atoms with Gasteiger partial charge in [0.15, 0.2) is 0 Å². The zero-order chi connectivity index (χ0) is 16.6. The zero-order valence-corrected chi connectivity index (χ0v) is 13.6. The van der Waals surface area contributed by atoms with Crippen molar-refractivity contribution in [2.45, 2.75) is 13.1 Å². The molecule has 24 heavy (non-hydrogen) atoms. The molecule has 0 unspecified atom stereocenters. The van der Waals surface area contributed by atoms with Crippen LogP contribution >= 0.6 is 0 Å². The second-order valence-electron chi connectivity index (χ2n) is 5.31. The Bertz CT molecular complexity index is 760. The van der Waals surface area contributed by atoms with Crippen molar-refractivity contribution in [2.75, 3.05) is 17.7 Å². The van der Waals surface area contributed by atoms with Crippen molar-refractivity contribution in [3.05, 3.63) is 78.0 Å². The van der Waals surface area contributed by atoms with Gasteiger partial charge in [-0.2, -0.15) is 4.98 Å². The van der Waals surface area contributed by atoms with E-state index in [4.69, 9.17) is 4.74 Å². The van der Waals surface area contributed by atoms with Crippen LogP contribution in [-0.2, 0) is 13.1 Å². The Balaban J connectivity index is 1.56. The fraction of sp³-hybridized carbons (Fsp3) is 0.158. The molecule has 3 aromatic rings. The predicted molar refractivity (Wildman–Crippen MR) is 96.1 cm³/mol.